The van der Waals surface area contributed by atoms with Gasteiger partial charge in [0, 0.05) is 18.9 Å². The average Bonchev–Trinajstić information content (AvgIpc) is 2.74. The number of unbranched alkanes of at least 4 members (excludes halogenated alkanes) is 1. The number of hydrogen-bond donors (Lipinski definition) is 1. The minimum absolute atomic E-state index is 0.836. The average molecular weight is 223 g/mol. The van der Waals surface area contributed by atoms with Gasteiger partial charge in [0.2, 0.25) is 0 Å². The second-order valence-corrected chi connectivity index (χ2v) is 4.79. The maximum Gasteiger partial charge on any atom is 0.0945 e. The highest BCUT2D eigenvalue weighted by Gasteiger charge is 1.94. The zero-order valence-electron chi connectivity index (χ0n) is 10.7. The second kappa shape index (κ2) is 8.34. The van der Waals surface area contributed by atoms with E-state index in [0.29, 0.717) is 0 Å². The van der Waals surface area contributed by atoms with Gasteiger partial charge in [-0.25, -0.2) is 4.98 Å². The molecule has 0 radical (unpaired) electrons. The molecule has 1 aromatic heterocycles. The number of imidazole rings is 1. The third-order valence-corrected chi connectivity index (χ3v) is 2.71. The lowest BCUT2D eigenvalue weighted by Crippen LogP contribution is -2.17. The molecular formula is C13H25N3. The van der Waals surface area contributed by atoms with Crippen LogP contribution in [0.3, 0.4) is 0 Å². The van der Waals surface area contributed by atoms with Gasteiger partial charge in [0.05, 0.1) is 6.33 Å². The third kappa shape index (κ3) is 6.62. The zero-order valence-corrected chi connectivity index (χ0v) is 10.7. The van der Waals surface area contributed by atoms with Crippen molar-refractivity contribution in [2.24, 2.45) is 5.92 Å². The lowest BCUT2D eigenvalue weighted by atomic mass is 10.1. The Bertz CT molecular complexity index is 242. The fourth-order valence-electron chi connectivity index (χ4n) is 1.72. The minimum atomic E-state index is 0.836. The summed E-state index contributed by atoms with van der Waals surface area (Å²) in [6, 6.07) is 0. The first-order valence-electron chi connectivity index (χ1n) is 6.45. The van der Waals surface area contributed by atoms with E-state index in [1.165, 1.54) is 32.2 Å². The molecule has 0 saturated heterocycles. The maximum absolute atomic E-state index is 4.03. The zero-order chi connectivity index (χ0) is 11.6. The van der Waals surface area contributed by atoms with Gasteiger partial charge in [0.1, 0.15) is 0 Å². The number of nitrogens with zero attached hydrogens (tertiary/aromatic N) is 2. The van der Waals surface area contributed by atoms with Crippen LogP contribution >= 0.6 is 0 Å². The van der Waals surface area contributed by atoms with E-state index in [2.05, 4.69) is 28.7 Å². The van der Waals surface area contributed by atoms with E-state index in [0.717, 1.165) is 19.0 Å². The van der Waals surface area contributed by atoms with Crippen molar-refractivity contribution in [1.29, 1.82) is 0 Å². The molecule has 0 aromatic carbocycles. The monoisotopic (exact) mass is 223 g/mol. The summed E-state index contributed by atoms with van der Waals surface area (Å²) in [4.78, 5) is 4.03. The molecule has 3 heteroatoms. The second-order valence-electron chi connectivity index (χ2n) is 4.79. The van der Waals surface area contributed by atoms with E-state index in [1.807, 2.05) is 18.7 Å². The lowest BCUT2D eigenvalue weighted by molar-refractivity contribution is 0.513. The molecular weight excluding hydrogens is 198 g/mol. The summed E-state index contributed by atoms with van der Waals surface area (Å²) in [5.74, 6) is 0.836. The quantitative estimate of drug-likeness (QED) is 0.652. The van der Waals surface area contributed by atoms with Crippen molar-refractivity contribution in [2.75, 3.05) is 13.1 Å². The Hall–Kier alpha value is -0.830. The Morgan fingerprint density at radius 3 is 2.69 bits per heavy atom. The Balaban J connectivity index is 1.82. The SMILES string of the molecule is CC(C)CCCNCCCCn1ccnc1. The Labute approximate surface area is 99.3 Å². The standard InChI is InChI=1S/C13H25N3/c1-13(2)6-5-8-14-7-3-4-10-16-11-9-15-12-16/h9,11-14H,3-8,10H2,1-2H3. The number of hydrogen-bond acceptors (Lipinski definition) is 2. The first-order valence-corrected chi connectivity index (χ1v) is 6.45. The molecule has 1 N–H and O–H groups in total. The Morgan fingerprint density at radius 1 is 1.19 bits per heavy atom. The van der Waals surface area contributed by atoms with Gasteiger partial charge < -0.3 is 9.88 Å². The lowest BCUT2D eigenvalue weighted by Gasteiger charge is -2.06. The van der Waals surface area contributed by atoms with Crippen molar-refractivity contribution in [2.45, 2.75) is 46.1 Å². The van der Waals surface area contributed by atoms with Crippen molar-refractivity contribution in [3.63, 3.8) is 0 Å². The van der Waals surface area contributed by atoms with Crippen molar-refractivity contribution in [3.05, 3.63) is 18.7 Å². The van der Waals surface area contributed by atoms with Crippen LogP contribution in [-0.4, -0.2) is 22.6 Å². The summed E-state index contributed by atoms with van der Waals surface area (Å²) >= 11 is 0. The fraction of sp³-hybridized carbons (Fsp3) is 0.769. The van der Waals surface area contributed by atoms with Crippen molar-refractivity contribution in [1.82, 2.24) is 14.9 Å². The van der Waals surface area contributed by atoms with Gasteiger partial charge in [0.25, 0.3) is 0 Å². The van der Waals surface area contributed by atoms with Gasteiger partial charge in [-0.15, -0.1) is 0 Å². The predicted octanol–water partition coefficient (Wildman–Crippen LogP) is 2.69. The molecule has 0 aliphatic rings. The van der Waals surface area contributed by atoms with Crippen molar-refractivity contribution >= 4 is 0 Å². The predicted molar refractivity (Wildman–Crippen MR) is 68.4 cm³/mol. The van der Waals surface area contributed by atoms with E-state index in [-0.39, 0.29) is 0 Å². The van der Waals surface area contributed by atoms with E-state index < -0.39 is 0 Å². The van der Waals surface area contributed by atoms with Gasteiger partial charge in [0.15, 0.2) is 0 Å². The highest BCUT2D eigenvalue weighted by molar-refractivity contribution is 4.73. The van der Waals surface area contributed by atoms with Crippen LogP contribution in [0.2, 0.25) is 0 Å². The maximum atomic E-state index is 4.03. The summed E-state index contributed by atoms with van der Waals surface area (Å²) in [6.45, 7) is 7.97. The van der Waals surface area contributed by atoms with Gasteiger partial charge >= 0.3 is 0 Å². The smallest absolute Gasteiger partial charge is 0.0945 e. The van der Waals surface area contributed by atoms with Crippen LogP contribution in [0.25, 0.3) is 0 Å². The molecule has 1 rings (SSSR count). The number of aromatic nitrogens is 2. The van der Waals surface area contributed by atoms with Crippen LogP contribution in [0.15, 0.2) is 18.7 Å². The Kier molecular flexibility index (Phi) is 6.90. The number of rotatable bonds is 9. The van der Waals surface area contributed by atoms with Crippen LogP contribution in [0.4, 0.5) is 0 Å². The fourth-order valence-corrected chi connectivity index (χ4v) is 1.72. The number of aryl methyl sites for hydroxylation is 1. The molecule has 0 saturated carbocycles. The highest BCUT2D eigenvalue weighted by Crippen LogP contribution is 2.01. The first-order chi connectivity index (χ1) is 7.79. The Morgan fingerprint density at radius 2 is 2.00 bits per heavy atom. The third-order valence-electron chi connectivity index (χ3n) is 2.71. The molecule has 0 atom stereocenters. The molecule has 92 valence electrons. The van der Waals surface area contributed by atoms with Gasteiger partial charge in [-0.05, 0) is 44.7 Å². The van der Waals surface area contributed by atoms with Gasteiger partial charge in [-0.2, -0.15) is 0 Å². The molecule has 3 nitrogen and oxygen atoms in total. The molecule has 16 heavy (non-hydrogen) atoms. The largest absolute Gasteiger partial charge is 0.337 e. The summed E-state index contributed by atoms with van der Waals surface area (Å²) < 4.78 is 2.14. The first kappa shape index (κ1) is 13.2. The van der Waals surface area contributed by atoms with Crippen molar-refractivity contribution in [3.8, 4) is 0 Å². The minimum Gasteiger partial charge on any atom is -0.337 e. The molecule has 0 amide bonds. The van der Waals surface area contributed by atoms with Crippen LogP contribution in [-0.2, 0) is 6.54 Å². The van der Waals surface area contributed by atoms with E-state index in [4.69, 9.17) is 0 Å². The van der Waals surface area contributed by atoms with Crippen LogP contribution in [0, 0.1) is 5.92 Å². The van der Waals surface area contributed by atoms with E-state index in [1.54, 1.807) is 0 Å². The summed E-state index contributed by atoms with van der Waals surface area (Å²) in [5, 5.41) is 3.50. The van der Waals surface area contributed by atoms with E-state index >= 15 is 0 Å². The summed E-state index contributed by atoms with van der Waals surface area (Å²) in [6.07, 6.45) is 10.9. The van der Waals surface area contributed by atoms with Gasteiger partial charge in [-0.1, -0.05) is 13.8 Å². The van der Waals surface area contributed by atoms with Crippen LogP contribution in [0.5, 0.6) is 0 Å². The summed E-state index contributed by atoms with van der Waals surface area (Å²) in [7, 11) is 0. The molecule has 0 aliphatic carbocycles. The molecule has 1 aromatic rings. The molecule has 0 bridgehead atoms. The summed E-state index contributed by atoms with van der Waals surface area (Å²) in [5.41, 5.74) is 0. The van der Waals surface area contributed by atoms with Crippen molar-refractivity contribution < 1.29 is 0 Å². The van der Waals surface area contributed by atoms with E-state index in [9.17, 15) is 0 Å². The van der Waals surface area contributed by atoms with Crippen LogP contribution in [0.1, 0.15) is 39.5 Å². The molecule has 0 aliphatic heterocycles. The molecule has 0 fully saturated rings. The van der Waals surface area contributed by atoms with Gasteiger partial charge in [-0.3, -0.25) is 0 Å². The highest BCUT2D eigenvalue weighted by atomic mass is 15.0. The normalized spacial score (nSPS) is 11.2. The molecule has 0 unspecified atom stereocenters. The topological polar surface area (TPSA) is 29.9 Å². The number of nitrogens with one attached hydrogen (secondary N) is 1. The molecule has 1 heterocycles. The molecule has 0 spiro atoms. The van der Waals surface area contributed by atoms with Crippen LogP contribution < -0.4 is 5.32 Å².